The summed E-state index contributed by atoms with van der Waals surface area (Å²) in [4.78, 5) is 14.8. The Kier molecular flexibility index (Phi) is 4.29. The second-order valence-corrected chi connectivity index (χ2v) is 4.96. The normalized spacial score (nSPS) is 12.9. The van der Waals surface area contributed by atoms with E-state index in [2.05, 4.69) is 0 Å². The fraction of sp³-hybridized carbons (Fsp3) is 0.545. The summed E-state index contributed by atoms with van der Waals surface area (Å²) in [6, 6.07) is 3.79. The van der Waals surface area contributed by atoms with Crippen LogP contribution in [0, 0.1) is 0 Å². The molecule has 84 valence electrons. The molecule has 1 atom stereocenters. The van der Waals surface area contributed by atoms with Crippen LogP contribution in [0.5, 0.6) is 0 Å². The van der Waals surface area contributed by atoms with E-state index in [1.807, 2.05) is 36.3 Å². The van der Waals surface area contributed by atoms with Crippen LogP contribution in [0.25, 0.3) is 0 Å². The number of hydrogen-bond donors (Lipinski definition) is 1. The Morgan fingerprint density at radius 3 is 2.60 bits per heavy atom. The van der Waals surface area contributed by atoms with Gasteiger partial charge in [-0.2, -0.15) is 0 Å². The lowest BCUT2D eigenvalue weighted by atomic mass is 10.2. The average molecular weight is 226 g/mol. The molecule has 1 rings (SSSR count). The number of thiophene rings is 1. The van der Waals surface area contributed by atoms with Gasteiger partial charge >= 0.3 is 0 Å². The van der Waals surface area contributed by atoms with Crippen LogP contribution in [0.4, 0.5) is 0 Å². The molecule has 1 unspecified atom stereocenters. The summed E-state index contributed by atoms with van der Waals surface area (Å²) in [6.07, 6.45) is 0. The zero-order valence-electron chi connectivity index (χ0n) is 9.43. The van der Waals surface area contributed by atoms with Crippen LogP contribution < -0.4 is 5.73 Å². The van der Waals surface area contributed by atoms with Crippen molar-refractivity contribution in [2.75, 3.05) is 0 Å². The monoisotopic (exact) mass is 226 g/mol. The van der Waals surface area contributed by atoms with Gasteiger partial charge in [0, 0.05) is 10.9 Å². The largest absolute Gasteiger partial charge is 0.334 e. The lowest BCUT2D eigenvalue weighted by molar-refractivity contribution is -0.134. The number of rotatable bonds is 4. The first kappa shape index (κ1) is 12.2. The van der Waals surface area contributed by atoms with Crippen molar-refractivity contribution in [2.45, 2.75) is 39.4 Å². The fourth-order valence-electron chi connectivity index (χ4n) is 1.35. The summed E-state index contributed by atoms with van der Waals surface area (Å²) in [5, 5.41) is 2.02. The van der Waals surface area contributed by atoms with E-state index in [1.54, 1.807) is 18.3 Å². The molecule has 0 aromatic carbocycles. The minimum atomic E-state index is -0.424. The number of amides is 1. The molecule has 1 amide bonds. The quantitative estimate of drug-likeness (QED) is 0.851. The third kappa shape index (κ3) is 3.32. The van der Waals surface area contributed by atoms with Crippen LogP contribution in [0.15, 0.2) is 17.5 Å². The second-order valence-electron chi connectivity index (χ2n) is 3.93. The van der Waals surface area contributed by atoms with E-state index >= 15 is 0 Å². The van der Waals surface area contributed by atoms with Gasteiger partial charge in [0.1, 0.15) is 0 Å². The van der Waals surface area contributed by atoms with E-state index < -0.39 is 6.04 Å². The molecular formula is C11H18N2OS. The van der Waals surface area contributed by atoms with Crippen LogP contribution in [-0.2, 0) is 11.3 Å². The standard InChI is InChI=1S/C11H18N2OS/c1-8(2)13(11(14)9(3)12)7-10-5-4-6-15-10/h4-6,8-9H,7,12H2,1-3H3. The lowest BCUT2D eigenvalue weighted by Crippen LogP contribution is -2.44. The van der Waals surface area contributed by atoms with Crippen LogP contribution >= 0.6 is 11.3 Å². The van der Waals surface area contributed by atoms with Gasteiger partial charge in [0.05, 0.1) is 12.6 Å². The van der Waals surface area contributed by atoms with Crippen LogP contribution in [0.2, 0.25) is 0 Å². The predicted octanol–water partition coefficient (Wildman–Crippen LogP) is 1.83. The Balaban J connectivity index is 2.71. The number of carbonyl (C=O) groups is 1. The van der Waals surface area contributed by atoms with Gasteiger partial charge in [-0.25, -0.2) is 0 Å². The van der Waals surface area contributed by atoms with E-state index in [4.69, 9.17) is 5.73 Å². The number of carbonyl (C=O) groups excluding carboxylic acids is 1. The third-order valence-corrected chi connectivity index (χ3v) is 3.06. The molecule has 1 aromatic heterocycles. The van der Waals surface area contributed by atoms with Gasteiger partial charge in [0.25, 0.3) is 0 Å². The number of hydrogen-bond acceptors (Lipinski definition) is 3. The maximum atomic E-state index is 11.8. The summed E-state index contributed by atoms with van der Waals surface area (Å²) in [6.45, 7) is 6.41. The predicted molar refractivity (Wildman–Crippen MR) is 63.7 cm³/mol. The molecule has 0 bridgehead atoms. The zero-order chi connectivity index (χ0) is 11.4. The van der Waals surface area contributed by atoms with Crippen molar-refractivity contribution in [1.29, 1.82) is 0 Å². The molecule has 15 heavy (non-hydrogen) atoms. The first-order valence-electron chi connectivity index (χ1n) is 5.10. The van der Waals surface area contributed by atoms with Crippen molar-refractivity contribution in [3.8, 4) is 0 Å². The molecule has 0 spiro atoms. The van der Waals surface area contributed by atoms with Crippen molar-refractivity contribution in [3.05, 3.63) is 22.4 Å². The molecule has 4 heteroatoms. The fourth-order valence-corrected chi connectivity index (χ4v) is 2.05. The van der Waals surface area contributed by atoms with E-state index in [9.17, 15) is 4.79 Å². The molecule has 0 saturated carbocycles. The van der Waals surface area contributed by atoms with Gasteiger partial charge in [-0.1, -0.05) is 6.07 Å². The molecule has 0 fully saturated rings. The van der Waals surface area contributed by atoms with Crippen LogP contribution in [-0.4, -0.2) is 22.9 Å². The van der Waals surface area contributed by atoms with Crippen LogP contribution in [0.1, 0.15) is 25.6 Å². The molecule has 0 aliphatic heterocycles. The van der Waals surface area contributed by atoms with Crippen molar-refractivity contribution in [3.63, 3.8) is 0 Å². The summed E-state index contributed by atoms with van der Waals surface area (Å²) < 4.78 is 0. The Morgan fingerprint density at radius 1 is 1.53 bits per heavy atom. The van der Waals surface area contributed by atoms with Crippen LogP contribution in [0.3, 0.4) is 0 Å². The molecule has 0 aliphatic carbocycles. The Hall–Kier alpha value is -0.870. The van der Waals surface area contributed by atoms with E-state index in [0.717, 1.165) is 0 Å². The topological polar surface area (TPSA) is 46.3 Å². The maximum Gasteiger partial charge on any atom is 0.239 e. The first-order valence-corrected chi connectivity index (χ1v) is 5.98. The molecule has 0 aliphatic rings. The Labute approximate surface area is 94.9 Å². The summed E-state index contributed by atoms with van der Waals surface area (Å²) >= 11 is 1.66. The van der Waals surface area contributed by atoms with Gasteiger partial charge in [-0.3, -0.25) is 4.79 Å². The van der Waals surface area contributed by atoms with Gasteiger partial charge < -0.3 is 10.6 Å². The summed E-state index contributed by atoms with van der Waals surface area (Å²) in [7, 11) is 0. The van der Waals surface area contributed by atoms with E-state index in [-0.39, 0.29) is 11.9 Å². The van der Waals surface area contributed by atoms with Gasteiger partial charge in [-0.15, -0.1) is 11.3 Å². The molecular weight excluding hydrogens is 208 g/mol. The van der Waals surface area contributed by atoms with Crippen molar-refractivity contribution < 1.29 is 4.79 Å². The number of nitrogens with two attached hydrogens (primary N) is 1. The average Bonchev–Trinajstić information content (AvgIpc) is 2.64. The van der Waals surface area contributed by atoms with E-state index in [1.165, 1.54) is 4.88 Å². The molecule has 2 N–H and O–H groups in total. The zero-order valence-corrected chi connectivity index (χ0v) is 10.3. The Bertz CT molecular complexity index is 306. The molecule has 1 heterocycles. The highest BCUT2D eigenvalue weighted by molar-refractivity contribution is 7.09. The van der Waals surface area contributed by atoms with Gasteiger partial charge in [0.2, 0.25) is 5.91 Å². The van der Waals surface area contributed by atoms with Gasteiger partial charge in [-0.05, 0) is 32.2 Å². The summed E-state index contributed by atoms with van der Waals surface area (Å²) in [5.74, 6) is 0.0124. The molecule has 0 radical (unpaired) electrons. The van der Waals surface area contributed by atoms with E-state index in [0.29, 0.717) is 6.54 Å². The smallest absolute Gasteiger partial charge is 0.239 e. The first-order chi connectivity index (χ1) is 7.02. The van der Waals surface area contributed by atoms with Gasteiger partial charge in [0.15, 0.2) is 0 Å². The second kappa shape index (κ2) is 5.28. The highest BCUT2D eigenvalue weighted by atomic mass is 32.1. The highest BCUT2D eigenvalue weighted by Gasteiger charge is 2.20. The maximum absolute atomic E-state index is 11.8. The Morgan fingerprint density at radius 2 is 2.20 bits per heavy atom. The third-order valence-electron chi connectivity index (χ3n) is 2.20. The molecule has 1 aromatic rings. The SMILES string of the molecule is CC(N)C(=O)N(Cc1cccs1)C(C)C. The number of nitrogens with zero attached hydrogens (tertiary/aromatic N) is 1. The minimum absolute atomic E-state index is 0.0124. The lowest BCUT2D eigenvalue weighted by Gasteiger charge is -2.27. The highest BCUT2D eigenvalue weighted by Crippen LogP contribution is 2.14. The van der Waals surface area contributed by atoms with Crippen molar-refractivity contribution >= 4 is 17.2 Å². The van der Waals surface area contributed by atoms with Crippen molar-refractivity contribution in [2.24, 2.45) is 5.73 Å². The minimum Gasteiger partial charge on any atom is -0.334 e. The molecule has 0 saturated heterocycles. The van der Waals surface area contributed by atoms with Crippen molar-refractivity contribution in [1.82, 2.24) is 4.90 Å². The molecule has 3 nitrogen and oxygen atoms in total. The summed E-state index contributed by atoms with van der Waals surface area (Å²) in [5.41, 5.74) is 5.62.